The Hall–Kier alpha value is -2.59. The summed E-state index contributed by atoms with van der Waals surface area (Å²) in [6.07, 6.45) is 4.31. The smallest absolute Gasteiger partial charge is 0.410 e. The van der Waals surface area contributed by atoms with Gasteiger partial charge in [0.25, 0.3) is 5.56 Å². The van der Waals surface area contributed by atoms with Gasteiger partial charge in [0.1, 0.15) is 17.3 Å². The lowest BCUT2D eigenvalue weighted by Crippen LogP contribution is -2.61. The van der Waals surface area contributed by atoms with E-state index in [1.54, 1.807) is 27.3 Å². The molecular weight excluding hydrogens is 426 g/mol. The van der Waals surface area contributed by atoms with Gasteiger partial charge in [-0.15, -0.1) is 0 Å². The zero-order chi connectivity index (χ0) is 23.9. The summed E-state index contributed by atoms with van der Waals surface area (Å²) in [4.78, 5) is 29.2. The van der Waals surface area contributed by atoms with Crippen molar-refractivity contribution in [3.63, 3.8) is 0 Å². The second kappa shape index (κ2) is 8.98. The molecule has 2 aliphatic rings. The number of rotatable bonds is 3. The molecule has 1 N–H and O–H groups in total. The van der Waals surface area contributed by atoms with E-state index in [0.717, 1.165) is 19.3 Å². The van der Waals surface area contributed by atoms with Crippen LogP contribution in [-0.4, -0.2) is 74.4 Å². The van der Waals surface area contributed by atoms with Gasteiger partial charge in [-0.1, -0.05) is 0 Å². The lowest BCUT2D eigenvalue weighted by molar-refractivity contribution is -0.0391. The molecule has 33 heavy (non-hydrogen) atoms. The standard InChI is InChI=1S/C23H35N5O5/c1-15-11-27(16(14-29)12-26(15)22(31)33-23(2,3)4)17-10-19(30)25(5)18-13-28(24-21(17)18)20-8-6-7-9-32-20/h10,13,15-16,20,29H,6-9,11-12,14H2,1-5H3/t15-,16-,20?/m1/s1. The van der Waals surface area contributed by atoms with Gasteiger partial charge < -0.3 is 28.9 Å². The van der Waals surface area contributed by atoms with Crippen molar-refractivity contribution in [3.05, 3.63) is 22.6 Å². The molecule has 2 saturated heterocycles. The Bertz CT molecular complexity index is 1070. The molecule has 0 saturated carbocycles. The van der Waals surface area contributed by atoms with Crippen LogP contribution in [0.25, 0.3) is 11.0 Å². The number of anilines is 1. The third-order valence-corrected chi connectivity index (χ3v) is 6.35. The Morgan fingerprint density at radius 1 is 1.30 bits per heavy atom. The van der Waals surface area contributed by atoms with E-state index >= 15 is 0 Å². The summed E-state index contributed by atoms with van der Waals surface area (Å²) in [6.45, 7) is 8.69. The first kappa shape index (κ1) is 23.6. The molecule has 2 aromatic rings. The Morgan fingerprint density at radius 3 is 2.70 bits per heavy atom. The van der Waals surface area contributed by atoms with Gasteiger partial charge in [-0.25, -0.2) is 9.48 Å². The van der Waals surface area contributed by atoms with Crippen LogP contribution in [0.1, 0.15) is 53.2 Å². The minimum atomic E-state index is -0.603. The van der Waals surface area contributed by atoms with Gasteiger partial charge in [0.15, 0.2) is 0 Å². The zero-order valence-corrected chi connectivity index (χ0v) is 20.2. The van der Waals surface area contributed by atoms with Crippen LogP contribution in [-0.2, 0) is 16.5 Å². The van der Waals surface area contributed by atoms with Crippen LogP contribution in [0.5, 0.6) is 0 Å². The Kier molecular flexibility index (Phi) is 6.41. The summed E-state index contributed by atoms with van der Waals surface area (Å²) in [6, 6.07) is 1.01. The van der Waals surface area contributed by atoms with Crippen LogP contribution >= 0.6 is 0 Å². The van der Waals surface area contributed by atoms with Gasteiger partial charge in [0, 0.05) is 38.9 Å². The normalized spacial score (nSPS) is 24.4. The predicted octanol–water partition coefficient (Wildman–Crippen LogP) is 2.24. The molecule has 1 amide bonds. The monoisotopic (exact) mass is 461 g/mol. The van der Waals surface area contributed by atoms with Crippen molar-refractivity contribution in [2.75, 3.05) is 31.2 Å². The number of ether oxygens (including phenoxy) is 2. The van der Waals surface area contributed by atoms with Crippen molar-refractivity contribution in [2.24, 2.45) is 7.05 Å². The van der Waals surface area contributed by atoms with Crippen molar-refractivity contribution in [2.45, 2.75) is 70.9 Å². The Balaban J connectivity index is 1.69. The average molecular weight is 462 g/mol. The summed E-state index contributed by atoms with van der Waals surface area (Å²) >= 11 is 0. The minimum Gasteiger partial charge on any atom is -0.444 e. The zero-order valence-electron chi connectivity index (χ0n) is 20.2. The maximum atomic E-state index is 12.8. The van der Waals surface area contributed by atoms with Crippen molar-refractivity contribution in [3.8, 4) is 0 Å². The van der Waals surface area contributed by atoms with E-state index < -0.39 is 11.7 Å². The van der Waals surface area contributed by atoms with Crippen molar-refractivity contribution >= 4 is 22.8 Å². The molecular formula is C23H35N5O5. The maximum absolute atomic E-state index is 12.8. The van der Waals surface area contributed by atoms with Crippen LogP contribution < -0.4 is 10.5 Å². The Morgan fingerprint density at radius 2 is 2.06 bits per heavy atom. The molecule has 0 bridgehead atoms. The molecule has 2 aromatic heterocycles. The van der Waals surface area contributed by atoms with Gasteiger partial charge in [0.05, 0.1) is 30.0 Å². The number of pyridine rings is 1. The number of carbonyl (C=O) groups excluding carboxylic acids is 1. The van der Waals surface area contributed by atoms with E-state index in [0.29, 0.717) is 29.9 Å². The van der Waals surface area contributed by atoms with Gasteiger partial charge in [-0.05, 0) is 47.0 Å². The number of aliphatic hydroxyl groups excluding tert-OH is 1. The highest BCUT2D eigenvalue weighted by Gasteiger charge is 2.37. The van der Waals surface area contributed by atoms with E-state index in [1.165, 1.54) is 0 Å². The van der Waals surface area contributed by atoms with E-state index in [4.69, 9.17) is 14.6 Å². The number of aryl methyl sites for hydroxylation is 1. The third-order valence-electron chi connectivity index (χ3n) is 6.35. The molecule has 3 atom stereocenters. The lowest BCUT2D eigenvalue weighted by Gasteiger charge is -2.45. The van der Waals surface area contributed by atoms with Crippen LogP contribution in [0.15, 0.2) is 17.1 Å². The highest BCUT2D eigenvalue weighted by atomic mass is 16.6. The van der Waals surface area contributed by atoms with Crippen LogP contribution in [0, 0.1) is 0 Å². The predicted molar refractivity (Wildman–Crippen MR) is 124 cm³/mol. The largest absolute Gasteiger partial charge is 0.444 e. The molecule has 0 radical (unpaired) electrons. The molecule has 0 spiro atoms. The second-order valence-electron chi connectivity index (χ2n) is 10.1. The molecule has 2 aliphatic heterocycles. The fourth-order valence-corrected chi connectivity index (χ4v) is 4.57. The number of amides is 1. The number of nitrogens with zero attached hydrogens (tertiary/aromatic N) is 5. The fourth-order valence-electron chi connectivity index (χ4n) is 4.57. The molecule has 4 rings (SSSR count). The molecule has 4 heterocycles. The van der Waals surface area contributed by atoms with Crippen LogP contribution in [0.3, 0.4) is 0 Å². The number of fused-ring (bicyclic) bond motifs is 1. The van der Waals surface area contributed by atoms with Gasteiger partial charge in [-0.3, -0.25) is 4.79 Å². The summed E-state index contributed by atoms with van der Waals surface area (Å²) in [5, 5.41) is 15.0. The van der Waals surface area contributed by atoms with E-state index in [1.807, 2.05) is 38.8 Å². The van der Waals surface area contributed by atoms with Crippen molar-refractivity contribution in [1.29, 1.82) is 0 Å². The first-order chi connectivity index (χ1) is 15.6. The summed E-state index contributed by atoms with van der Waals surface area (Å²) in [5.74, 6) is 0. The van der Waals surface area contributed by atoms with Gasteiger partial charge in [-0.2, -0.15) is 5.10 Å². The summed E-state index contributed by atoms with van der Waals surface area (Å²) in [5.41, 5.74) is 1.31. The fraction of sp³-hybridized carbons (Fsp3) is 0.696. The van der Waals surface area contributed by atoms with Gasteiger partial charge in [0.2, 0.25) is 0 Å². The molecule has 2 fully saturated rings. The van der Waals surface area contributed by atoms with Crippen molar-refractivity contribution < 1.29 is 19.4 Å². The second-order valence-corrected chi connectivity index (χ2v) is 10.1. The first-order valence-electron chi connectivity index (χ1n) is 11.7. The molecule has 10 heteroatoms. The number of aliphatic hydroxyl groups is 1. The topological polar surface area (TPSA) is 102 Å². The molecule has 10 nitrogen and oxygen atoms in total. The Labute approximate surface area is 193 Å². The highest BCUT2D eigenvalue weighted by molar-refractivity contribution is 5.88. The average Bonchev–Trinajstić information content (AvgIpc) is 3.21. The number of carbonyl (C=O) groups is 1. The first-order valence-corrected chi connectivity index (χ1v) is 11.7. The highest BCUT2D eigenvalue weighted by Crippen LogP contribution is 2.31. The maximum Gasteiger partial charge on any atom is 0.410 e. The molecule has 182 valence electrons. The van der Waals surface area contributed by atoms with Crippen LogP contribution in [0.2, 0.25) is 0 Å². The van der Waals surface area contributed by atoms with E-state index in [9.17, 15) is 14.7 Å². The number of hydrogen-bond donors (Lipinski definition) is 1. The van der Waals surface area contributed by atoms with Crippen molar-refractivity contribution in [1.82, 2.24) is 19.2 Å². The molecule has 0 aliphatic carbocycles. The number of aromatic nitrogens is 3. The summed E-state index contributed by atoms with van der Waals surface area (Å²) < 4.78 is 14.8. The summed E-state index contributed by atoms with van der Waals surface area (Å²) in [7, 11) is 1.73. The van der Waals surface area contributed by atoms with E-state index in [2.05, 4.69) is 0 Å². The minimum absolute atomic E-state index is 0.148. The number of piperazine rings is 1. The molecule has 0 aromatic carbocycles. The SMILES string of the molecule is C[C@@H]1CN(c2cc(=O)n(C)c3cn(C4CCCCO4)nc23)[C@@H](CO)CN1C(=O)OC(C)(C)C. The van der Waals surface area contributed by atoms with E-state index in [-0.39, 0.29) is 37.0 Å². The van der Waals surface area contributed by atoms with Gasteiger partial charge >= 0.3 is 6.09 Å². The quantitative estimate of drug-likeness (QED) is 0.748. The lowest BCUT2D eigenvalue weighted by atomic mass is 10.1. The number of hydrogen-bond acceptors (Lipinski definition) is 7. The van der Waals surface area contributed by atoms with Crippen LogP contribution in [0.4, 0.5) is 10.5 Å². The molecule has 1 unspecified atom stereocenters. The third kappa shape index (κ3) is 4.72.